The number of hydrazine groups is 1. The highest BCUT2D eigenvalue weighted by Crippen LogP contribution is 2.30. The standard InChI is InChI=1S/C21H25N3O4S2/c1-14(25)24-11-10-15-12-17(8-9-18(15)24)30(27,28)23-22-21(26)20-13-16-6-4-2-3-5-7-19(16)29-20/h8-9,12-13,23H,2-7,10-11H2,1H3,(H,22,26). The smallest absolute Gasteiger partial charge is 0.276 e. The SMILES string of the molecule is CC(=O)N1CCc2cc(S(=O)(=O)NNC(=O)c3cc4c(s3)CCCCCC4)ccc21. The van der Waals surface area contributed by atoms with Gasteiger partial charge in [-0.2, -0.15) is 0 Å². The molecule has 7 nitrogen and oxygen atoms in total. The molecule has 1 aromatic heterocycles. The van der Waals surface area contributed by atoms with Crippen molar-refractivity contribution in [1.29, 1.82) is 0 Å². The Morgan fingerprint density at radius 1 is 1.00 bits per heavy atom. The topological polar surface area (TPSA) is 95.6 Å². The van der Waals surface area contributed by atoms with Crippen LogP contribution in [-0.4, -0.2) is 26.8 Å². The van der Waals surface area contributed by atoms with Gasteiger partial charge in [0.25, 0.3) is 15.9 Å². The van der Waals surface area contributed by atoms with E-state index in [2.05, 4.69) is 10.3 Å². The van der Waals surface area contributed by atoms with Gasteiger partial charge in [-0.15, -0.1) is 16.2 Å². The van der Waals surface area contributed by atoms with E-state index in [1.54, 1.807) is 17.0 Å². The Morgan fingerprint density at radius 3 is 2.53 bits per heavy atom. The molecule has 30 heavy (non-hydrogen) atoms. The van der Waals surface area contributed by atoms with E-state index in [0.717, 1.165) is 36.9 Å². The van der Waals surface area contributed by atoms with Gasteiger partial charge in [0.1, 0.15) is 0 Å². The second-order valence-electron chi connectivity index (χ2n) is 7.74. The summed E-state index contributed by atoms with van der Waals surface area (Å²) in [7, 11) is -3.92. The van der Waals surface area contributed by atoms with Gasteiger partial charge in [-0.25, -0.2) is 8.42 Å². The largest absolute Gasteiger partial charge is 0.312 e. The fourth-order valence-corrected chi connectivity index (χ4v) is 6.10. The van der Waals surface area contributed by atoms with Crippen molar-refractivity contribution in [3.63, 3.8) is 0 Å². The Morgan fingerprint density at radius 2 is 1.77 bits per heavy atom. The molecule has 1 aromatic carbocycles. The molecule has 4 rings (SSSR count). The number of carbonyl (C=O) groups is 2. The van der Waals surface area contributed by atoms with E-state index in [4.69, 9.17) is 0 Å². The summed E-state index contributed by atoms with van der Waals surface area (Å²) in [5.41, 5.74) is 5.09. The molecular weight excluding hydrogens is 422 g/mol. The van der Waals surface area contributed by atoms with Crippen LogP contribution in [0.1, 0.15) is 58.3 Å². The number of amides is 2. The quantitative estimate of drug-likeness (QED) is 0.705. The van der Waals surface area contributed by atoms with Gasteiger partial charge in [-0.3, -0.25) is 15.0 Å². The molecule has 1 aliphatic carbocycles. The summed E-state index contributed by atoms with van der Waals surface area (Å²) in [5.74, 6) is -0.515. The lowest BCUT2D eigenvalue weighted by Gasteiger charge is -2.15. The van der Waals surface area contributed by atoms with Crippen LogP contribution in [-0.2, 0) is 34.1 Å². The Hall–Kier alpha value is -2.23. The first kappa shape index (κ1) is 21.0. The van der Waals surface area contributed by atoms with Gasteiger partial charge < -0.3 is 4.90 Å². The Balaban J connectivity index is 1.45. The van der Waals surface area contributed by atoms with Crippen LogP contribution < -0.4 is 15.2 Å². The maximum atomic E-state index is 12.7. The number of benzene rings is 1. The van der Waals surface area contributed by atoms with Gasteiger partial charge in [0.05, 0.1) is 9.77 Å². The van der Waals surface area contributed by atoms with Gasteiger partial charge in [-0.1, -0.05) is 12.8 Å². The van der Waals surface area contributed by atoms with Crippen molar-refractivity contribution >= 4 is 38.9 Å². The molecule has 0 atom stereocenters. The average Bonchev–Trinajstić information content (AvgIpc) is 3.29. The van der Waals surface area contributed by atoms with Crippen molar-refractivity contribution in [2.24, 2.45) is 0 Å². The summed E-state index contributed by atoms with van der Waals surface area (Å²) >= 11 is 1.45. The van der Waals surface area contributed by atoms with Crippen molar-refractivity contribution in [3.05, 3.63) is 45.1 Å². The fraction of sp³-hybridized carbons (Fsp3) is 0.429. The summed E-state index contributed by atoms with van der Waals surface area (Å²) < 4.78 is 25.3. The third-order valence-electron chi connectivity index (χ3n) is 5.66. The number of anilines is 1. The van der Waals surface area contributed by atoms with Crippen LogP contribution in [0, 0.1) is 0 Å². The molecule has 0 fully saturated rings. The molecule has 2 aliphatic rings. The molecule has 0 radical (unpaired) electrons. The van der Waals surface area contributed by atoms with Crippen LogP contribution in [0.3, 0.4) is 0 Å². The number of thiophene rings is 1. The Labute approximate surface area is 180 Å². The van der Waals surface area contributed by atoms with E-state index in [9.17, 15) is 18.0 Å². The monoisotopic (exact) mass is 447 g/mol. The highest BCUT2D eigenvalue weighted by molar-refractivity contribution is 7.89. The maximum absolute atomic E-state index is 12.7. The van der Waals surface area contributed by atoms with Crippen LogP contribution in [0.15, 0.2) is 29.2 Å². The number of sulfonamides is 1. The average molecular weight is 448 g/mol. The lowest BCUT2D eigenvalue weighted by molar-refractivity contribution is -0.116. The van der Waals surface area contributed by atoms with Gasteiger partial charge in [0.2, 0.25) is 5.91 Å². The summed E-state index contributed by atoms with van der Waals surface area (Å²) in [6.07, 6.45) is 7.22. The molecule has 0 saturated carbocycles. The maximum Gasteiger partial charge on any atom is 0.276 e. The van der Waals surface area contributed by atoms with Crippen molar-refractivity contribution < 1.29 is 18.0 Å². The van der Waals surface area contributed by atoms with Crippen molar-refractivity contribution in [2.45, 2.75) is 56.8 Å². The van der Waals surface area contributed by atoms with Crippen LogP contribution in [0.2, 0.25) is 0 Å². The molecule has 2 N–H and O–H groups in total. The number of nitrogens with one attached hydrogen (secondary N) is 2. The number of aryl methyl sites for hydroxylation is 2. The van der Waals surface area contributed by atoms with E-state index in [0.29, 0.717) is 17.8 Å². The normalized spacial score (nSPS) is 16.4. The number of rotatable bonds is 4. The molecule has 2 heterocycles. The predicted octanol–water partition coefficient (Wildman–Crippen LogP) is 2.94. The molecule has 160 valence electrons. The highest BCUT2D eigenvalue weighted by Gasteiger charge is 2.25. The minimum Gasteiger partial charge on any atom is -0.312 e. The van der Waals surface area contributed by atoms with Gasteiger partial charge >= 0.3 is 0 Å². The van der Waals surface area contributed by atoms with Crippen LogP contribution in [0.25, 0.3) is 0 Å². The lowest BCUT2D eigenvalue weighted by atomic mass is 10.00. The third kappa shape index (κ3) is 4.28. The number of hydrogen-bond acceptors (Lipinski definition) is 5. The van der Waals surface area contributed by atoms with E-state index >= 15 is 0 Å². The molecule has 0 saturated heterocycles. The number of fused-ring (bicyclic) bond motifs is 2. The molecule has 2 aromatic rings. The minimum absolute atomic E-state index is 0.0606. The summed E-state index contributed by atoms with van der Waals surface area (Å²) in [6.45, 7) is 2.03. The van der Waals surface area contributed by atoms with Crippen molar-refractivity contribution in [2.75, 3.05) is 11.4 Å². The number of carbonyl (C=O) groups excluding carboxylic acids is 2. The first-order valence-corrected chi connectivity index (χ1v) is 12.5. The van der Waals surface area contributed by atoms with E-state index in [-0.39, 0.29) is 10.8 Å². The van der Waals surface area contributed by atoms with Gasteiger partial charge in [0, 0.05) is 24.0 Å². The van der Waals surface area contributed by atoms with E-state index in [1.165, 1.54) is 47.6 Å². The first-order valence-electron chi connectivity index (χ1n) is 10.2. The van der Waals surface area contributed by atoms with Crippen molar-refractivity contribution in [1.82, 2.24) is 10.3 Å². The van der Waals surface area contributed by atoms with Gasteiger partial charge in [-0.05, 0) is 67.5 Å². The fourth-order valence-electron chi connectivity index (χ4n) is 4.06. The zero-order valence-electron chi connectivity index (χ0n) is 16.9. The third-order valence-corrected chi connectivity index (χ3v) is 8.14. The second-order valence-corrected chi connectivity index (χ2v) is 10.6. The molecule has 1 aliphatic heterocycles. The number of hydrogen-bond donors (Lipinski definition) is 2. The van der Waals surface area contributed by atoms with E-state index < -0.39 is 15.9 Å². The molecular formula is C21H25N3O4S2. The molecule has 0 spiro atoms. The van der Waals surface area contributed by atoms with Crippen LogP contribution in [0.4, 0.5) is 5.69 Å². The summed E-state index contributed by atoms with van der Waals surface area (Å²) in [5, 5.41) is 0. The minimum atomic E-state index is -3.92. The molecule has 0 unspecified atom stereocenters. The molecule has 2 amide bonds. The van der Waals surface area contributed by atoms with Crippen LogP contribution >= 0.6 is 11.3 Å². The Kier molecular flexibility index (Phi) is 5.95. The predicted molar refractivity (Wildman–Crippen MR) is 116 cm³/mol. The molecule has 9 heteroatoms. The number of nitrogens with zero attached hydrogens (tertiary/aromatic N) is 1. The zero-order chi connectivity index (χ0) is 21.3. The highest BCUT2D eigenvalue weighted by atomic mass is 32.2. The first-order chi connectivity index (χ1) is 14.3. The summed E-state index contributed by atoms with van der Waals surface area (Å²) in [4.78, 5) is 29.9. The second kappa shape index (κ2) is 8.49. The van der Waals surface area contributed by atoms with Crippen molar-refractivity contribution in [3.8, 4) is 0 Å². The van der Waals surface area contributed by atoms with Crippen LogP contribution in [0.5, 0.6) is 0 Å². The zero-order valence-corrected chi connectivity index (χ0v) is 18.5. The molecule has 0 bridgehead atoms. The van der Waals surface area contributed by atoms with Gasteiger partial charge in [0.15, 0.2) is 0 Å². The van der Waals surface area contributed by atoms with E-state index in [1.807, 2.05) is 6.07 Å². The summed E-state index contributed by atoms with van der Waals surface area (Å²) in [6, 6.07) is 6.54. The Bertz CT molecular complexity index is 1070. The lowest BCUT2D eigenvalue weighted by Crippen LogP contribution is -2.41.